The van der Waals surface area contributed by atoms with E-state index >= 15 is 0 Å². The van der Waals surface area contributed by atoms with E-state index in [9.17, 15) is 4.79 Å². The van der Waals surface area contributed by atoms with E-state index in [4.69, 9.17) is 0 Å². The summed E-state index contributed by atoms with van der Waals surface area (Å²) in [5.74, 6) is 0.878. The molecule has 14 heavy (non-hydrogen) atoms. The van der Waals surface area contributed by atoms with Gasteiger partial charge in [-0.15, -0.1) is 0 Å². The zero-order valence-corrected chi connectivity index (χ0v) is 9.01. The quantitative estimate of drug-likeness (QED) is 0.776. The molecule has 0 spiro atoms. The zero-order valence-electron chi connectivity index (χ0n) is 8.19. The van der Waals surface area contributed by atoms with Gasteiger partial charge in [0, 0.05) is 11.9 Å². The van der Waals surface area contributed by atoms with Crippen LogP contribution in [0, 0.1) is 0 Å². The minimum absolute atomic E-state index is 0.00792. The van der Waals surface area contributed by atoms with Crippen LogP contribution in [0.25, 0.3) is 0 Å². The lowest BCUT2D eigenvalue weighted by molar-refractivity contribution is 0.269. The standard InChI is InChI=1S/C10H14N2OS/c1-2-3-7-14-10(13)12-9-5-4-6-11-8-9/h4-6,8H,2-3,7H2,1H3,(H,12,13). The van der Waals surface area contributed by atoms with Gasteiger partial charge in [0.1, 0.15) is 0 Å². The lowest BCUT2D eigenvalue weighted by Crippen LogP contribution is -2.05. The molecule has 0 unspecified atom stereocenters. The fourth-order valence-corrected chi connectivity index (χ4v) is 1.71. The first kappa shape index (κ1) is 11.0. The first-order chi connectivity index (χ1) is 6.83. The highest BCUT2D eigenvalue weighted by Crippen LogP contribution is 2.11. The number of carbonyl (C=O) groups is 1. The van der Waals surface area contributed by atoms with Crippen LogP contribution in [0.3, 0.4) is 0 Å². The first-order valence-electron chi connectivity index (χ1n) is 4.66. The van der Waals surface area contributed by atoms with Gasteiger partial charge in [0.15, 0.2) is 0 Å². The minimum Gasteiger partial charge on any atom is -0.315 e. The second-order valence-electron chi connectivity index (χ2n) is 2.86. The summed E-state index contributed by atoms with van der Waals surface area (Å²) in [5.41, 5.74) is 0.751. The third-order valence-electron chi connectivity index (χ3n) is 1.64. The van der Waals surface area contributed by atoms with Crippen molar-refractivity contribution in [3.05, 3.63) is 24.5 Å². The molecule has 76 valence electrons. The van der Waals surface area contributed by atoms with E-state index < -0.39 is 0 Å². The fourth-order valence-electron chi connectivity index (χ4n) is 0.900. The third-order valence-corrected chi connectivity index (χ3v) is 2.50. The van der Waals surface area contributed by atoms with E-state index in [2.05, 4.69) is 17.2 Å². The van der Waals surface area contributed by atoms with Crippen LogP contribution in [0.2, 0.25) is 0 Å². The van der Waals surface area contributed by atoms with Crippen molar-refractivity contribution in [1.82, 2.24) is 4.98 Å². The van der Waals surface area contributed by atoms with Crippen LogP contribution in [0.1, 0.15) is 19.8 Å². The summed E-state index contributed by atoms with van der Waals surface area (Å²) < 4.78 is 0. The summed E-state index contributed by atoms with van der Waals surface area (Å²) in [6.45, 7) is 2.11. The molecule has 0 bridgehead atoms. The average molecular weight is 210 g/mol. The number of carbonyl (C=O) groups excluding carboxylic acids is 1. The van der Waals surface area contributed by atoms with Crippen LogP contribution < -0.4 is 5.32 Å². The number of rotatable bonds is 4. The zero-order chi connectivity index (χ0) is 10.2. The number of amides is 1. The van der Waals surface area contributed by atoms with Crippen LogP contribution in [-0.4, -0.2) is 16.0 Å². The van der Waals surface area contributed by atoms with Crippen LogP contribution in [0.5, 0.6) is 0 Å². The maximum Gasteiger partial charge on any atom is 0.283 e. The van der Waals surface area contributed by atoms with Crippen molar-refractivity contribution in [2.45, 2.75) is 19.8 Å². The van der Waals surface area contributed by atoms with Crippen molar-refractivity contribution >= 4 is 22.7 Å². The Kier molecular flexibility index (Phi) is 5.07. The van der Waals surface area contributed by atoms with E-state index in [1.807, 2.05) is 6.07 Å². The van der Waals surface area contributed by atoms with Gasteiger partial charge in [-0.25, -0.2) is 0 Å². The summed E-state index contributed by atoms with van der Waals surface area (Å²) in [6, 6.07) is 3.62. The monoisotopic (exact) mass is 210 g/mol. The van der Waals surface area contributed by atoms with E-state index in [-0.39, 0.29) is 5.24 Å². The highest BCUT2D eigenvalue weighted by Gasteiger charge is 2.01. The predicted octanol–water partition coefficient (Wildman–Crippen LogP) is 3.15. The van der Waals surface area contributed by atoms with E-state index in [1.165, 1.54) is 11.8 Å². The fraction of sp³-hybridized carbons (Fsp3) is 0.400. The molecular weight excluding hydrogens is 196 g/mol. The number of nitrogens with one attached hydrogen (secondary N) is 1. The molecule has 4 heteroatoms. The van der Waals surface area contributed by atoms with Gasteiger partial charge >= 0.3 is 0 Å². The SMILES string of the molecule is CCCCSC(=O)Nc1cccnc1. The molecule has 1 aromatic rings. The van der Waals surface area contributed by atoms with Crippen LogP contribution in [0.4, 0.5) is 10.5 Å². The second-order valence-corrected chi connectivity index (χ2v) is 3.92. The number of thioether (sulfide) groups is 1. The molecule has 1 aromatic heterocycles. The number of hydrogen-bond donors (Lipinski definition) is 1. The molecule has 3 nitrogen and oxygen atoms in total. The van der Waals surface area contributed by atoms with Gasteiger partial charge in [0.05, 0.1) is 11.9 Å². The smallest absolute Gasteiger partial charge is 0.283 e. The van der Waals surface area contributed by atoms with Crippen LogP contribution >= 0.6 is 11.8 Å². The Labute approximate surface area is 88.3 Å². The lowest BCUT2D eigenvalue weighted by atomic mass is 10.4. The molecule has 0 radical (unpaired) electrons. The topological polar surface area (TPSA) is 42.0 Å². The molecule has 1 rings (SSSR count). The predicted molar refractivity (Wildman–Crippen MR) is 60.6 cm³/mol. The molecule has 1 heterocycles. The minimum atomic E-state index is -0.00792. The maximum absolute atomic E-state index is 11.3. The molecule has 0 saturated carbocycles. The normalized spacial score (nSPS) is 9.79. The highest BCUT2D eigenvalue weighted by molar-refractivity contribution is 8.13. The molecule has 0 fully saturated rings. The van der Waals surface area contributed by atoms with Crippen molar-refractivity contribution in [1.29, 1.82) is 0 Å². The van der Waals surface area contributed by atoms with Crippen molar-refractivity contribution < 1.29 is 4.79 Å². The largest absolute Gasteiger partial charge is 0.315 e. The molecule has 0 aromatic carbocycles. The molecule has 0 saturated heterocycles. The summed E-state index contributed by atoms with van der Waals surface area (Å²) >= 11 is 1.32. The number of unbranched alkanes of at least 4 members (excludes halogenated alkanes) is 1. The molecule has 1 N–H and O–H groups in total. The molecule has 1 amide bonds. The Balaban J connectivity index is 2.27. The van der Waals surface area contributed by atoms with Gasteiger partial charge in [-0.2, -0.15) is 0 Å². The van der Waals surface area contributed by atoms with Gasteiger partial charge in [0.25, 0.3) is 5.24 Å². The first-order valence-corrected chi connectivity index (χ1v) is 5.65. The number of pyridine rings is 1. The third kappa shape index (κ3) is 4.28. The van der Waals surface area contributed by atoms with Gasteiger partial charge in [-0.05, 0) is 18.6 Å². The van der Waals surface area contributed by atoms with Crippen molar-refractivity contribution in [2.24, 2.45) is 0 Å². The molecule has 0 aliphatic heterocycles. The van der Waals surface area contributed by atoms with Crippen LogP contribution in [-0.2, 0) is 0 Å². The highest BCUT2D eigenvalue weighted by atomic mass is 32.2. The molecule has 0 aliphatic rings. The van der Waals surface area contributed by atoms with Crippen molar-refractivity contribution in [3.8, 4) is 0 Å². The molecule has 0 aliphatic carbocycles. The van der Waals surface area contributed by atoms with E-state index in [1.54, 1.807) is 18.5 Å². The van der Waals surface area contributed by atoms with Gasteiger partial charge in [-0.1, -0.05) is 25.1 Å². The second kappa shape index (κ2) is 6.43. The van der Waals surface area contributed by atoms with Crippen molar-refractivity contribution in [2.75, 3.05) is 11.1 Å². The number of hydrogen-bond acceptors (Lipinski definition) is 3. The Morgan fingerprint density at radius 1 is 1.64 bits per heavy atom. The number of anilines is 1. The van der Waals surface area contributed by atoms with Gasteiger partial charge in [-0.3, -0.25) is 9.78 Å². The van der Waals surface area contributed by atoms with Crippen molar-refractivity contribution in [3.63, 3.8) is 0 Å². The van der Waals surface area contributed by atoms with E-state index in [0.29, 0.717) is 0 Å². The Bertz CT molecular complexity index is 277. The van der Waals surface area contributed by atoms with E-state index in [0.717, 1.165) is 24.3 Å². The van der Waals surface area contributed by atoms with Gasteiger partial charge < -0.3 is 5.32 Å². The summed E-state index contributed by atoms with van der Waals surface area (Å²) in [5, 5.41) is 2.75. The molecular formula is C10H14N2OS. The van der Waals surface area contributed by atoms with Gasteiger partial charge in [0.2, 0.25) is 0 Å². The lowest BCUT2D eigenvalue weighted by Gasteiger charge is -2.02. The number of aromatic nitrogens is 1. The number of nitrogens with zero attached hydrogens (tertiary/aromatic N) is 1. The summed E-state index contributed by atoms with van der Waals surface area (Å²) in [6.07, 6.45) is 5.51. The summed E-state index contributed by atoms with van der Waals surface area (Å²) in [7, 11) is 0. The van der Waals surface area contributed by atoms with Crippen LogP contribution in [0.15, 0.2) is 24.5 Å². The summed E-state index contributed by atoms with van der Waals surface area (Å²) in [4.78, 5) is 15.2. The Hall–Kier alpha value is -1.03. The maximum atomic E-state index is 11.3. The Morgan fingerprint density at radius 3 is 3.14 bits per heavy atom. The molecule has 0 atom stereocenters. The average Bonchev–Trinajstić information content (AvgIpc) is 2.20. The Morgan fingerprint density at radius 2 is 2.50 bits per heavy atom.